The quantitative estimate of drug-likeness (QED) is 0.915. The molecule has 0 radical (unpaired) electrons. The number of aromatic nitrogens is 1. The van der Waals surface area contributed by atoms with Gasteiger partial charge in [0.15, 0.2) is 0 Å². The fourth-order valence-corrected chi connectivity index (χ4v) is 2.97. The maximum absolute atomic E-state index is 12.2. The van der Waals surface area contributed by atoms with Crippen molar-refractivity contribution in [2.75, 3.05) is 50.8 Å². The molecule has 120 valence electrons. The molecule has 6 nitrogen and oxygen atoms in total. The van der Waals surface area contributed by atoms with E-state index in [0.29, 0.717) is 5.92 Å². The first kappa shape index (κ1) is 15.1. The molecule has 0 atom stereocenters. The van der Waals surface area contributed by atoms with Crippen LogP contribution in [0.2, 0.25) is 0 Å². The normalized spacial score (nSPS) is 20.0. The third-order valence-electron chi connectivity index (χ3n) is 4.42. The van der Waals surface area contributed by atoms with E-state index in [4.69, 9.17) is 4.74 Å². The van der Waals surface area contributed by atoms with Crippen molar-refractivity contribution in [2.24, 2.45) is 5.92 Å². The zero-order valence-electron chi connectivity index (χ0n) is 12.9. The van der Waals surface area contributed by atoms with Crippen molar-refractivity contribution in [2.45, 2.75) is 12.8 Å². The molecule has 6 heteroatoms. The Morgan fingerprint density at radius 1 is 1.23 bits per heavy atom. The van der Waals surface area contributed by atoms with Crippen LogP contribution < -0.4 is 10.2 Å². The highest BCUT2D eigenvalue weighted by atomic mass is 16.5. The largest absolute Gasteiger partial charge is 0.381 e. The van der Waals surface area contributed by atoms with Gasteiger partial charge in [-0.3, -0.25) is 0 Å². The van der Waals surface area contributed by atoms with Gasteiger partial charge in [0.25, 0.3) is 0 Å². The van der Waals surface area contributed by atoms with Crippen LogP contribution in [0.15, 0.2) is 24.4 Å². The predicted molar refractivity (Wildman–Crippen MR) is 85.0 cm³/mol. The van der Waals surface area contributed by atoms with Gasteiger partial charge in [0, 0.05) is 52.1 Å². The molecular formula is C16H24N4O2. The number of urea groups is 1. The third kappa shape index (κ3) is 3.88. The van der Waals surface area contributed by atoms with E-state index in [1.165, 1.54) is 0 Å². The van der Waals surface area contributed by atoms with Crippen molar-refractivity contribution in [3.05, 3.63) is 24.4 Å². The molecular weight excluding hydrogens is 280 g/mol. The van der Waals surface area contributed by atoms with Crippen molar-refractivity contribution in [1.82, 2.24) is 15.2 Å². The van der Waals surface area contributed by atoms with Crippen LogP contribution in [0.1, 0.15) is 12.8 Å². The summed E-state index contributed by atoms with van der Waals surface area (Å²) in [5.41, 5.74) is 0. The number of nitrogens with zero attached hydrogens (tertiary/aromatic N) is 3. The number of hydrogen-bond acceptors (Lipinski definition) is 4. The lowest BCUT2D eigenvalue weighted by molar-refractivity contribution is 0.0663. The molecule has 2 aliphatic rings. The summed E-state index contributed by atoms with van der Waals surface area (Å²) in [5.74, 6) is 1.55. The van der Waals surface area contributed by atoms with E-state index < -0.39 is 0 Å². The topological polar surface area (TPSA) is 57.7 Å². The Hall–Kier alpha value is -1.82. The zero-order chi connectivity index (χ0) is 15.2. The van der Waals surface area contributed by atoms with Crippen LogP contribution >= 0.6 is 0 Å². The Labute approximate surface area is 131 Å². The smallest absolute Gasteiger partial charge is 0.317 e. The molecule has 1 aromatic heterocycles. The van der Waals surface area contributed by atoms with Gasteiger partial charge in [-0.15, -0.1) is 0 Å². The van der Waals surface area contributed by atoms with Crippen molar-refractivity contribution in [3.63, 3.8) is 0 Å². The van der Waals surface area contributed by atoms with Crippen LogP contribution in [0.5, 0.6) is 0 Å². The van der Waals surface area contributed by atoms with E-state index in [2.05, 4.69) is 15.2 Å². The van der Waals surface area contributed by atoms with Crippen LogP contribution in [-0.2, 0) is 4.74 Å². The average molecular weight is 304 g/mol. The van der Waals surface area contributed by atoms with Gasteiger partial charge in [-0.1, -0.05) is 6.07 Å². The van der Waals surface area contributed by atoms with E-state index in [0.717, 1.165) is 64.6 Å². The molecule has 1 N–H and O–H groups in total. The number of anilines is 1. The predicted octanol–water partition coefficient (Wildman–Crippen LogP) is 1.34. The van der Waals surface area contributed by atoms with Crippen molar-refractivity contribution in [3.8, 4) is 0 Å². The summed E-state index contributed by atoms with van der Waals surface area (Å²) in [4.78, 5) is 20.7. The molecule has 2 saturated heterocycles. The fourth-order valence-electron chi connectivity index (χ4n) is 2.97. The standard InChI is InChI=1S/C16H24N4O2/c21-16(18-13-14-4-11-22-12-5-14)20-9-7-19(8-10-20)15-3-1-2-6-17-15/h1-3,6,14H,4-5,7-13H2,(H,18,21). The van der Waals surface area contributed by atoms with Crippen molar-refractivity contribution >= 4 is 11.8 Å². The summed E-state index contributed by atoms with van der Waals surface area (Å²) in [6, 6.07) is 5.99. The Kier molecular flexibility index (Phi) is 5.11. The van der Waals surface area contributed by atoms with Gasteiger partial charge in [0.2, 0.25) is 0 Å². The summed E-state index contributed by atoms with van der Waals surface area (Å²) in [6.45, 7) is 5.57. The van der Waals surface area contributed by atoms with Crippen molar-refractivity contribution < 1.29 is 9.53 Å². The van der Waals surface area contributed by atoms with E-state index in [1.54, 1.807) is 0 Å². The third-order valence-corrected chi connectivity index (χ3v) is 4.42. The van der Waals surface area contributed by atoms with Gasteiger partial charge in [0.05, 0.1) is 0 Å². The Bertz CT molecular complexity index is 468. The van der Waals surface area contributed by atoms with E-state index in [1.807, 2.05) is 29.3 Å². The lowest BCUT2D eigenvalue weighted by Crippen LogP contribution is -2.52. The van der Waals surface area contributed by atoms with Crippen LogP contribution in [0, 0.1) is 5.92 Å². The van der Waals surface area contributed by atoms with Crippen LogP contribution in [-0.4, -0.2) is 61.9 Å². The van der Waals surface area contributed by atoms with E-state index in [9.17, 15) is 4.79 Å². The van der Waals surface area contributed by atoms with Gasteiger partial charge < -0.3 is 19.9 Å². The molecule has 2 fully saturated rings. The number of hydrogen-bond donors (Lipinski definition) is 1. The number of pyridine rings is 1. The fraction of sp³-hybridized carbons (Fsp3) is 0.625. The second-order valence-electron chi connectivity index (χ2n) is 5.90. The molecule has 0 spiro atoms. The molecule has 0 bridgehead atoms. The number of rotatable bonds is 3. The molecule has 22 heavy (non-hydrogen) atoms. The first-order valence-corrected chi connectivity index (χ1v) is 8.09. The van der Waals surface area contributed by atoms with Crippen LogP contribution in [0.3, 0.4) is 0 Å². The van der Waals surface area contributed by atoms with Gasteiger partial charge in [-0.25, -0.2) is 9.78 Å². The second-order valence-corrected chi connectivity index (χ2v) is 5.90. The zero-order valence-corrected chi connectivity index (χ0v) is 12.9. The molecule has 0 aromatic carbocycles. The minimum Gasteiger partial charge on any atom is -0.381 e. The highest BCUT2D eigenvalue weighted by Crippen LogP contribution is 2.14. The maximum atomic E-state index is 12.2. The van der Waals surface area contributed by atoms with Gasteiger partial charge in [-0.05, 0) is 30.9 Å². The highest BCUT2D eigenvalue weighted by molar-refractivity contribution is 5.74. The molecule has 2 amide bonds. The first-order chi connectivity index (χ1) is 10.8. The summed E-state index contributed by atoms with van der Waals surface area (Å²) in [7, 11) is 0. The molecule has 0 unspecified atom stereocenters. The molecule has 3 heterocycles. The van der Waals surface area contributed by atoms with Crippen LogP contribution in [0.25, 0.3) is 0 Å². The first-order valence-electron chi connectivity index (χ1n) is 8.09. The van der Waals surface area contributed by atoms with E-state index >= 15 is 0 Å². The number of carbonyl (C=O) groups excluding carboxylic acids is 1. The lowest BCUT2D eigenvalue weighted by Gasteiger charge is -2.35. The SMILES string of the molecule is O=C(NCC1CCOCC1)N1CCN(c2ccccn2)CC1. The molecule has 3 rings (SSSR count). The Morgan fingerprint density at radius 3 is 2.68 bits per heavy atom. The Morgan fingerprint density at radius 2 is 2.00 bits per heavy atom. The van der Waals surface area contributed by atoms with Gasteiger partial charge in [0.1, 0.15) is 5.82 Å². The Balaban J connectivity index is 1.41. The number of ether oxygens (including phenoxy) is 1. The summed E-state index contributed by atoms with van der Waals surface area (Å²) >= 11 is 0. The summed E-state index contributed by atoms with van der Waals surface area (Å²) in [5, 5.41) is 3.07. The summed E-state index contributed by atoms with van der Waals surface area (Å²) < 4.78 is 5.34. The number of carbonyl (C=O) groups is 1. The maximum Gasteiger partial charge on any atom is 0.317 e. The van der Waals surface area contributed by atoms with Gasteiger partial charge >= 0.3 is 6.03 Å². The monoisotopic (exact) mass is 304 g/mol. The summed E-state index contributed by atoms with van der Waals surface area (Å²) in [6.07, 6.45) is 3.91. The molecule has 0 saturated carbocycles. The number of nitrogens with one attached hydrogen (secondary N) is 1. The minimum absolute atomic E-state index is 0.0622. The average Bonchev–Trinajstić information content (AvgIpc) is 2.61. The highest BCUT2D eigenvalue weighted by Gasteiger charge is 2.22. The molecule has 1 aromatic rings. The number of piperazine rings is 1. The van der Waals surface area contributed by atoms with Gasteiger partial charge in [-0.2, -0.15) is 0 Å². The molecule has 2 aliphatic heterocycles. The molecule has 0 aliphatic carbocycles. The van der Waals surface area contributed by atoms with Crippen LogP contribution in [0.4, 0.5) is 10.6 Å². The minimum atomic E-state index is 0.0622. The van der Waals surface area contributed by atoms with E-state index in [-0.39, 0.29) is 6.03 Å². The number of amides is 2. The lowest BCUT2D eigenvalue weighted by atomic mass is 10.0. The van der Waals surface area contributed by atoms with Crippen molar-refractivity contribution in [1.29, 1.82) is 0 Å². The second kappa shape index (κ2) is 7.45.